The van der Waals surface area contributed by atoms with Gasteiger partial charge in [0.2, 0.25) is 0 Å². The second kappa shape index (κ2) is 13.9. The quantitative estimate of drug-likeness (QED) is 0.158. The Morgan fingerprint density at radius 3 is 1.98 bits per heavy atom. The van der Waals surface area contributed by atoms with Gasteiger partial charge in [0.1, 0.15) is 8.24 Å². The fourth-order valence-electron chi connectivity index (χ4n) is 11.5. The number of allylic oxidation sites excluding steroid dienone is 4. The van der Waals surface area contributed by atoms with Gasteiger partial charge in [0.05, 0.1) is 0 Å². The van der Waals surface area contributed by atoms with Gasteiger partial charge in [0, 0.05) is 17.0 Å². The van der Waals surface area contributed by atoms with Crippen molar-refractivity contribution in [3.05, 3.63) is 53.1 Å². The Morgan fingerprint density at radius 1 is 0.773 bits per heavy atom. The Balaban J connectivity index is 1.57. The van der Waals surface area contributed by atoms with E-state index >= 15 is 0 Å². The van der Waals surface area contributed by atoms with Crippen molar-refractivity contribution in [1.82, 2.24) is 4.57 Å². The molecule has 0 N–H and O–H groups in total. The van der Waals surface area contributed by atoms with Crippen LogP contribution in [0.5, 0.6) is 0 Å². The third-order valence-corrected chi connectivity index (χ3v) is 18.0. The Hall–Kier alpha value is -1.12. The van der Waals surface area contributed by atoms with Gasteiger partial charge >= 0.3 is 0 Å². The van der Waals surface area contributed by atoms with Gasteiger partial charge in [-0.1, -0.05) is 148 Å². The molecule has 0 aromatic heterocycles. The van der Waals surface area contributed by atoms with Gasteiger partial charge in [-0.2, -0.15) is 0 Å². The lowest BCUT2D eigenvalue weighted by Gasteiger charge is -2.56. The lowest BCUT2D eigenvalue weighted by atomic mass is 9.67. The van der Waals surface area contributed by atoms with Crippen LogP contribution in [0.25, 0.3) is 5.57 Å². The summed E-state index contributed by atoms with van der Waals surface area (Å²) in [5, 5.41) is 0. The molecule has 2 fully saturated rings. The highest BCUT2D eigenvalue weighted by Gasteiger charge is 2.58. The standard InChI is InChI=1S/C42H69NSi/c1-10-12-14-21-27-42(28-22-15-13-11-2)38-26-20-19-25-34(38)36-29-37-35(30-39(36)42)31(3)32(4)40(37)44(8,9)43(41(5,6)7)33-23-17-16-18-24-33/h19-20,25-26,29-33,35,37,40H,10-18,21-24,27-28H2,1-9H3. The van der Waals surface area contributed by atoms with Crippen molar-refractivity contribution >= 4 is 13.8 Å². The molecule has 5 atom stereocenters. The van der Waals surface area contributed by atoms with Crippen LogP contribution in [0, 0.1) is 23.7 Å². The van der Waals surface area contributed by atoms with Gasteiger partial charge in [-0.05, 0) is 97.9 Å². The molecule has 1 nitrogen and oxygen atoms in total. The van der Waals surface area contributed by atoms with Crippen molar-refractivity contribution in [2.45, 2.75) is 180 Å². The summed E-state index contributed by atoms with van der Waals surface area (Å²) in [5.41, 5.74) is 7.93. The Labute approximate surface area is 274 Å². The van der Waals surface area contributed by atoms with Gasteiger partial charge in [-0.3, -0.25) is 0 Å². The third kappa shape index (κ3) is 6.26. The van der Waals surface area contributed by atoms with Gasteiger partial charge in [0.25, 0.3) is 0 Å². The molecular weight excluding hydrogens is 547 g/mol. The van der Waals surface area contributed by atoms with Gasteiger partial charge in [-0.15, -0.1) is 0 Å². The summed E-state index contributed by atoms with van der Waals surface area (Å²) >= 11 is 0. The summed E-state index contributed by atoms with van der Waals surface area (Å²) in [5.74, 6) is 2.88. The molecule has 0 amide bonds. The molecule has 5 rings (SSSR count). The molecule has 2 saturated carbocycles. The normalized spacial score (nSPS) is 28.5. The second-order valence-electron chi connectivity index (χ2n) is 17.3. The van der Waals surface area contributed by atoms with E-state index in [0.29, 0.717) is 11.8 Å². The van der Waals surface area contributed by atoms with Crippen molar-refractivity contribution in [2.24, 2.45) is 23.7 Å². The topological polar surface area (TPSA) is 3.24 Å². The lowest BCUT2D eigenvalue weighted by Crippen LogP contribution is -2.65. The molecule has 0 bridgehead atoms. The fraction of sp³-hybridized carbons (Fsp3) is 0.762. The maximum absolute atomic E-state index is 3.17. The van der Waals surface area contributed by atoms with Crippen LogP contribution in [-0.2, 0) is 5.41 Å². The maximum Gasteiger partial charge on any atom is 0.127 e. The summed E-state index contributed by atoms with van der Waals surface area (Å²) < 4.78 is 3.17. The minimum absolute atomic E-state index is 0.225. The van der Waals surface area contributed by atoms with E-state index in [0.717, 1.165) is 23.4 Å². The molecule has 5 unspecified atom stereocenters. The molecule has 0 heterocycles. The zero-order valence-electron chi connectivity index (χ0n) is 30.5. The first-order chi connectivity index (χ1) is 21.0. The zero-order valence-corrected chi connectivity index (χ0v) is 31.5. The molecular formula is C42H69NSi. The van der Waals surface area contributed by atoms with Gasteiger partial charge in [-0.25, -0.2) is 0 Å². The molecule has 0 saturated heterocycles. The number of hydrogen-bond acceptors (Lipinski definition) is 1. The van der Waals surface area contributed by atoms with Crippen molar-refractivity contribution < 1.29 is 0 Å². The molecule has 0 radical (unpaired) electrons. The van der Waals surface area contributed by atoms with Crippen molar-refractivity contribution in [2.75, 3.05) is 0 Å². The van der Waals surface area contributed by atoms with Crippen LogP contribution in [0.1, 0.15) is 156 Å². The van der Waals surface area contributed by atoms with Crippen LogP contribution in [0.15, 0.2) is 42.0 Å². The van der Waals surface area contributed by atoms with Crippen LogP contribution in [-0.4, -0.2) is 24.4 Å². The summed E-state index contributed by atoms with van der Waals surface area (Å²) in [6.07, 6.45) is 26.5. The first-order valence-electron chi connectivity index (χ1n) is 19.3. The molecule has 4 aliphatic rings. The first-order valence-corrected chi connectivity index (χ1v) is 22.3. The van der Waals surface area contributed by atoms with E-state index in [1.807, 2.05) is 0 Å². The van der Waals surface area contributed by atoms with E-state index in [4.69, 9.17) is 0 Å². The minimum atomic E-state index is -1.81. The van der Waals surface area contributed by atoms with E-state index in [2.05, 4.69) is 103 Å². The second-order valence-corrected chi connectivity index (χ2v) is 21.8. The summed E-state index contributed by atoms with van der Waals surface area (Å²) in [6, 6.07) is 10.5. The summed E-state index contributed by atoms with van der Waals surface area (Å²) in [7, 11) is -1.81. The summed E-state index contributed by atoms with van der Waals surface area (Å²) in [6.45, 7) is 23.2. The van der Waals surface area contributed by atoms with E-state index < -0.39 is 8.24 Å². The number of fused-ring (bicyclic) bond motifs is 4. The predicted molar refractivity (Wildman–Crippen MR) is 197 cm³/mol. The minimum Gasteiger partial charge on any atom is -0.316 e. The maximum atomic E-state index is 3.17. The monoisotopic (exact) mass is 616 g/mol. The van der Waals surface area contributed by atoms with Crippen molar-refractivity contribution in [1.29, 1.82) is 0 Å². The fourth-order valence-corrected chi connectivity index (χ4v) is 17.6. The average Bonchev–Trinajstić information content (AvgIpc) is 3.40. The Kier molecular flexibility index (Phi) is 10.8. The van der Waals surface area contributed by atoms with Crippen LogP contribution in [0.2, 0.25) is 18.6 Å². The molecule has 1 aromatic rings. The smallest absolute Gasteiger partial charge is 0.127 e. The number of unbranched alkanes of at least 4 members (excludes halogenated alkanes) is 6. The molecule has 0 aliphatic heterocycles. The van der Waals surface area contributed by atoms with Crippen LogP contribution in [0.3, 0.4) is 0 Å². The van der Waals surface area contributed by atoms with E-state index in [9.17, 15) is 0 Å². The average molecular weight is 616 g/mol. The highest BCUT2D eigenvalue weighted by Crippen LogP contribution is 2.64. The molecule has 1 aromatic carbocycles. The predicted octanol–water partition coefficient (Wildman–Crippen LogP) is 12.7. The highest BCUT2D eigenvalue weighted by atomic mass is 28.3. The highest BCUT2D eigenvalue weighted by molar-refractivity contribution is 6.76. The molecule has 246 valence electrons. The molecule has 44 heavy (non-hydrogen) atoms. The SMILES string of the molecule is CCCCCCC1(CCCCCC)C2=CC3C(C)C(C)C([Si](C)(C)N(C4CCCCC4)C(C)(C)C)C3C=C2c2ccccc21. The van der Waals surface area contributed by atoms with Crippen molar-refractivity contribution in [3.63, 3.8) is 0 Å². The number of rotatable bonds is 13. The zero-order chi connectivity index (χ0) is 31.7. The van der Waals surface area contributed by atoms with Crippen LogP contribution in [0.4, 0.5) is 0 Å². The van der Waals surface area contributed by atoms with Crippen LogP contribution >= 0.6 is 0 Å². The number of hydrogen-bond donors (Lipinski definition) is 0. The van der Waals surface area contributed by atoms with E-state index in [-0.39, 0.29) is 11.0 Å². The van der Waals surface area contributed by atoms with Crippen LogP contribution < -0.4 is 0 Å². The Morgan fingerprint density at radius 2 is 1.39 bits per heavy atom. The molecule has 0 spiro atoms. The number of benzene rings is 1. The van der Waals surface area contributed by atoms with E-state index in [1.54, 1.807) is 22.3 Å². The van der Waals surface area contributed by atoms with E-state index in [1.165, 1.54) is 96.3 Å². The third-order valence-electron chi connectivity index (χ3n) is 13.1. The lowest BCUT2D eigenvalue weighted by molar-refractivity contribution is 0.138. The first kappa shape index (κ1) is 34.2. The van der Waals surface area contributed by atoms with Crippen molar-refractivity contribution in [3.8, 4) is 0 Å². The molecule has 2 heteroatoms. The van der Waals surface area contributed by atoms with Gasteiger partial charge in [0.15, 0.2) is 0 Å². The Bertz CT molecular complexity index is 1150. The summed E-state index contributed by atoms with van der Waals surface area (Å²) in [4.78, 5) is 0. The number of nitrogens with zero attached hydrogens (tertiary/aromatic N) is 1. The van der Waals surface area contributed by atoms with Gasteiger partial charge < -0.3 is 4.57 Å². The molecule has 4 aliphatic carbocycles. The largest absolute Gasteiger partial charge is 0.316 e.